The Hall–Kier alpha value is -2.51. The smallest absolute Gasteiger partial charge is 0.319 e. The summed E-state index contributed by atoms with van der Waals surface area (Å²) in [6.45, 7) is 1.64. The molecule has 2 aromatic rings. The summed E-state index contributed by atoms with van der Waals surface area (Å²) < 4.78 is 0. The Morgan fingerprint density at radius 2 is 1.79 bits per heavy atom. The van der Waals surface area contributed by atoms with Gasteiger partial charge in [-0.05, 0) is 28.8 Å². The third-order valence-corrected chi connectivity index (χ3v) is 6.36. The second kappa shape index (κ2) is 8.88. The van der Waals surface area contributed by atoms with Crippen LogP contribution >= 0.6 is 11.8 Å². The second-order valence-corrected chi connectivity index (χ2v) is 8.64. The van der Waals surface area contributed by atoms with E-state index in [1.54, 1.807) is 12.1 Å². The van der Waals surface area contributed by atoms with Crippen LogP contribution in [0.15, 0.2) is 48.5 Å². The van der Waals surface area contributed by atoms with E-state index in [4.69, 9.17) is 0 Å². The zero-order chi connectivity index (χ0) is 20.2. The molecule has 3 amide bonds. The Bertz CT molecular complexity index is 881. The number of amides is 3. The Morgan fingerprint density at radius 3 is 2.55 bits per heavy atom. The number of hydrogen-bond donors (Lipinski definition) is 3. The average molecular weight is 412 g/mol. The topological polar surface area (TPSA) is 81.7 Å². The van der Waals surface area contributed by atoms with E-state index in [9.17, 15) is 14.7 Å². The summed E-state index contributed by atoms with van der Waals surface area (Å²) in [5.41, 5.74) is 3.60. The molecule has 1 saturated heterocycles. The molecular formula is C22H25N3O3S. The van der Waals surface area contributed by atoms with E-state index in [1.807, 2.05) is 53.1 Å². The van der Waals surface area contributed by atoms with E-state index in [-0.39, 0.29) is 11.9 Å². The molecule has 6 nitrogen and oxygen atoms in total. The predicted molar refractivity (Wildman–Crippen MR) is 115 cm³/mol. The molecule has 0 saturated carbocycles. The maximum absolute atomic E-state index is 12.4. The molecule has 2 atom stereocenters. The van der Waals surface area contributed by atoms with Crippen molar-refractivity contribution in [1.82, 2.24) is 10.2 Å². The lowest BCUT2D eigenvalue weighted by Crippen LogP contribution is -2.38. The van der Waals surface area contributed by atoms with Crippen molar-refractivity contribution in [2.24, 2.45) is 0 Å². The number of anilines is 1. The van der Waals surface area contributed by atoms with Crippen LogP contribution in [0.4, 0.5) is 10.5 Å². The molecule has 7 heteroatoms. The van der Waals surface area contributed by atoms with E-state index in [2.05, 4.69) is 10.6 Å². The summed E-state index contributed by atoms with van der Waals surface area (Å²) in [6, 6.07) is 14.3. The van der Waals surface area contributed by atoms with Crippen molar-refractivity contribution >= 4 is 29.4 Å². The highest BCUT2D eigenvalue weighted by molar-refractivity contribution is 7.99. The number of carbonyl (C=O) groups is 2. The van der Waals surface area contributed by atoms with Gasteiger partial charge in [0.1, 0.15) is 0 Å². The van der Waals surface area contributed by atoms with Gasteiger partial charge in [-0.2, -0.15) is 11.8 Å². The van der Waals surface area contributed by atoms with Crippen LogP contribution in [0.1, 0.15) is 22.7 Å². The number of carbonyl (C=O) groups excluding carboxylic acids is 2. The molecule has 1 aliphatic heterocycles. The molecule has 1 heterocycles. The van der Waals surface area contributed by atoms with Gasteiger partial charge in [-0.25, -0.2) is 4.79 Å². The monoisotopic (exact) mass is 411 g/mol. The summed E-state index contributed by atoms with van der Waals surface area (Å²) in [4.78, 5) is 26.7. The van der Waals surface area contributed by atoms with E-state index < -0.39 is 12.1 Å². The number of benzene rings is 2. The molecule has 4 rings (SSSR count). The van der Waals surface area contributed by atoms with Gasteiger partial charge in [-0.3, -0.25) is 4.79 Å². The summed E-state index contributed by atoms with van der Waals surface area (Å²) in [5, 5.41) is 15.9. The summed E-state index contributed by atoms with van der Waals surface area (Å²) in [6.07, 6.45) is 0.293. The first-order valence-electron chi connectivity index (χ1n) is 9.88. The molecule has 0 radical (unpaired) electrons. The zero-order valence-corrected chi connectivity index (χ0v) is 17.0. The first-order valence-corrected chi connectivity index (χ1v) is 11.0. The minimum absolute atomic E-state index is 0.151. The number of hydrogen-bond acceptors (Lipinski definition) is 4. The molecule has 0 unspecified atom stereocenters. The highest BCUT2D eigenvalue weighted by Crippen LogP contribution is 2.31. The lowest BCUT2D eigenvalue weighted by molar-refractivity contribution is -0.130. The fourth-order valence-electron chi connectivity index (χ4n) is 3.86. The van der Waals surface area contributed by atoms with Crippen molar-refractivity contribution in [2.75, 3.05) is 29.9 Å². The molecule has 0 spiro atoms. The van der Waals surface area contributed by atoms with Gasteiger partial charge in [0.05, 0.1) is 18.6 Å². The normalized spacial score (nSPS) is 20.8. The average Bonchev–Trinajstić information content (AvgIpc) is 3.05. The van der Waals surface area contributed by atoms with Crippen LogP contribution in [-0.2, 0) is 17.6 Å². The number of aliphatic hydroxyl groups excluding tert-OH is 1. The SMILES string of the molecule is O=C(Nc1ccc(CC(=O)N2CCSCC2)cc1)N[C@@H]1c2ccccc2C[C@@H]1O. The Balaban J connectivity index is 1.32. The van der Waals surface area contributed by atoms with Crippen LogP contribution in [0.5, 0.6) is 0 Å². The van der Waals surface area contributed by atoms with Crippen LogP contribution in [0.3, 0.4) is 0 Å². The maximum atomic E-state index is 12.4. The van der Waals surface area contributed by atoms with Gasteiger partial charge >= 0.3 is 6.03 Å². The highest BCUT2D eigenvalue weighted by Gasteiger charge is 2.31. The molecule has 2 aliphatic rings. The highest BCUT2D eigenvalue weighted by atomic mass is 32.2. The number of nitrogens with zero attached hydrogens (tertiary/aromatic N) is 1. The zero-order valence-electron chi connectivity index (χ0n) is 16.1. The van der Waals surface area contributed by atoms with Gasteiger partial charge in [0.15, 0.2) is 0 Å². The first kappa shape index (κ1) is 19.8. The minimum Gasteiger partial charge on any atom is -0.390 e. The van der Waals surface area contributed by atoms with Crippen LogP contribution in [-0.4, -0.2) is 52.6 Å². The quantitative estimate of drug-likeness (QED) is 0.722. The summed E-state index contributed by atoms with van der Waals surface area (Å²) in [5.74, 6) is 2.16. The third kappa shape index (κ3) is 4.74. The molecule has 3 N–H and O–H groups in total. The second-order valence-electron chi connectivity index (χ2n) is 7.41. The summed E-state index contributed by atoms with van der Waals surface area (Å²) >= 11 is 1.88. The van der Waals surface area contributed by atoms with E-state index in [0.717, 1.165) is 41.3 Å². The lowest BCUT2D eigenvalue weighted by atomic mass is 10.1. The van der Waals surface area contributed by atoms with Gasteiger partial charge in [-0.1, -0.05) is 36.4 Å². The van der Waals surface area contributed by atoms with Gasteiger partial charge in [0.25, 0.3) is 0 Å². The largest absolute Gasteiger partial charge is 0.390 e. The number of fused-ring (bicyclic) bond motifs is 1. The van der Waals surface area contributed by atoms with Crippen molar-refractivity contribution in [3.63, 3.8) is 0 Å². The van der Waals surface area contributed by atoms with E-state index in [0.29, 0.717) is 18.5 Å². The fourth-order valence-corrected chi connectivity index (χ4v) is 4.76. The summed E-state index contributed by atoms with van der Waals surface area (Å²) in [7, 11) is 0. The van der Waals surface area contributed by atoms with Crippen molar-refractivity contribution in [3.8, 4) is 0 Å². The first-order chi connectivity index (χ1) is 14.1. The molecule has 1 aliphatic carbocycles. The number of thioether (sulfide) groups is 1. The van der Waals surface area contributed by atoms with E-state index >= 15 is 0 Å². The fraction of sp³-hybridized carbons (Fsp3) is 0.364. The van der Waals surface area contributed by atoms with Crippen molar-refractivity contribution in [3.05, 3.63) is 65.2 Å². The molecule has 152 valence electrons. The number of rotatable bonds is 4. The molecule has 0 bridgehead atoms. The lowest BCUT2D eigenvalue weighted by Gasteiger charge is -2.26. The van der Waals surface area contributed by atoms with Crippen molar-refractivity contribution < 1.29 is 14.7 Å². The molecular weight excluding hydrogens is 386 g/mol. The van der Waals surface area contributed by atoms with Crippen LogP contribution < -0.4 is 10.6 Å². The number of urea groups is 1. The van der Waals surface area contributed by atoms with Gasteiger partial charge in [0.2, 0.25) is 5.91 Å². The Kier molecular flexibility index (Phi) is 6.06. The van der Waals surface area contributed by atoms with Gasteiger partial charge in [0, 0.05) is 36.7 Å². The third-order valence-electron chi connectivity index (χ3n) is 5.42. The van der Waals surface area contributed by atoms with Crippen molar-refractivity contribution in [2.45, 2.75) is 25.0 Å². The Morgan fingerprint density at radius 1 is 1.07 bits per heavy atom. The van der Waals surface area contributed by atoms with E-state index in [1.165, 1.54) is 0 Å². The minimum atomic E-state index is -0.625. The van der Waals surface area contributed by atoms with Gasteiger partial charge in [-0.15, -0.1) is 0 Å². The van der Waals surface area contributed by atoms with Crippen LogP contribution in [0, 0.1) is 0 Å². The van der Waals surface area contributed by atoms with Crippen LogP contribution in [0.25, 0.3) is 0 Å². The molecule has 1 fully saturated rings. The van der Waals surface area contributed by atoms with Crippen LogP contribution in [0.2, 0.25) is 0 Å². The predicted octanol–water partition coefficient (Wildman–Crippen LogP) is 2.58. The maximum Gasteiger partial charge on any atom is 0.319 e. The standard InChI is InChI=1S/C22H25N3O3S/c26-19-14-16-3-1-2-4-18(16)21(19)24-22(28)23-17-7-5-15(6-8-17)13-20(27)25-9-11-29-12-10-25/h1-8,19,21,26H,9-14H2,(H2,23,24,28)/t19-,21+/m0/s1. The van der Waals surface area contributed by atoms with Crippen molar-refractivity contribution in [1.29, 1.82) is 0 Å². The molecule has 2 aromatic carbocycles. The molecule has 0 aromatic heterocycles. The van der Waals surface area contributed by atoms with Gasteiger partial charge < -0.3 is 20.6 Å². The number of nitrogens with one attached hydrogen (secondary N) is 2. The Labute approximate surface area is 174 Å². The molecule has 29 heavy (non-hydrogen) atoms. The number of aliphatic hydroxyl groups is 1.